The summed E-state index contributed by atoms with van der Waals surface area (Å²) in [7, 11) is 0. The Labute approximate surface area is 147 Å². The van der Waals surface area contributed by atoms with E-state index in [1.54, 1.807) is 6.20 Å². The molecular weight excluding hydrogens is 320 g/mol. The van der Waals surface area contributed by atoms with E-state index in [1.165, 1.54) is 5.56 Å². The van der Waals surface area contributed by atoms with E-state index in [4.69, 9.17) is 17.0 Å². The third kappa shape index (κ3) is 4.66. The minimum Gasteiger partial charge on any atom is -0.376 e. The monoisotopic (exact) mass is 342 g/mol. The quantitative estimate of drug-likeness (QED) is 0.722. The van der Waals surface area contributed by atoms with Crippen LogP contribution < -0.4 is 16.0 Å². The lowest BCUT2D eigenvalue weighted by Gasteiger charge is -2.14. The molecule has 1 saturated heterocycles. The first-order chi connectivity index (χ1) is 11.7. The summed E-state index contributed by atoms with van der Waals surface area (Å²) in [5.74, 6) is 0.799. The Bertz CT molecular complexity index is 684. The molecule has 24 heavy (non-hydrogen) atoms. The number of ether oxygens (including phenoxy) is 1. The molecule has 0 aliphatic carbocycles. The van der Waals surface area contributed by atoms with E-state index in [9.17, 15) is 0 Å². The van der Waals surface area contributed by atoms with Crippen molar-refractivity contribution < 1.29 is 4.74 Å². The van der Waals surface area contributed by atoms with Crippen LogP contribution in [-0.4, -0.2) is 29.4 Å². The predicted molar refractivity (Wildman–Crippen MR) is 102 cm³/mol. The third-order valence-electron chi connectivity index (χ3n) is 3.94. The number of hydrogen-bond acceptors (Lipinski definition) is 4. The van der Waals surface area contributed by atoms with E-state index in [2.05, 4.69) is 33.9 Å². The Balaban J connectivity index is 1.50. The maximum atomic E-state index is 5.56. The molecule has 1 fully saturated rings. The molecule has 0 bridgehead atoms. The van der Waals surface area contributed by atoms with Crippen molar-refractivity contribution >= 4 is 34.5 Å². The first kappa shape index (κ1) is 16.7. The summed E-state index contributed by atoms with van der Waals surface area (Å²) in [6, 6.07) is 12.0. The number of aromatic nitrogens is 1. The first-order valence-electron chi connectivity index (χ1n) is 8.16. The molecule has 2 aromatic rings. The fourth-order valence-corrected chi connectivity index (χ4v) is 2.78. The van der Waals surface area contributed by atoms with Gasteiger partial charge in [-0.05, 0) is 55.7 Å². The van der Waals surface area contributed by atoms with Gasteiger partial charge in [0.1, 0.15) is 5.82 Å². The highest BCUT2D eigenvalue weighted by molar-refractivity contribution is 7.80. The summed E-state index contributed by atoms with van der Waals surface area (Å²) in [6.07, 6.45) is 4.26. The van der Waals surface area contributed by atoms with Crippen molar-refractivity contribution in [3.8, 4) is 0 Å². The predicted octanol–water partition coefficient (Wildman–Crippen LogP) is 3.60. The molecule has 126 valence electrons. The van der Waals surface area contributed by atoms with Gasteiger partial charge >= 0.3 is 0 Å². The minimum absolute atomic E-state index is 0.267. The largest absolute Gasteiger partial charge is 0.376 e. The van der Waals surface area contributed by atoms with E-state index in [0.717, 1.165) is 43.2 Å². The topological polar surface area (TPSA) is 58.2 Å². The molecule has 2 heterocycles. The van der Waals surface area contributed by atoms with Gasteiger partial charge in [-0.2, -0.15) is 0 Å². The molecule has 1 atom stereocenters. The van der Waals surface area contributed by atoms with Crippen molar-refractivity contribution in [2.45, 2.75) is 25.9 Å². The SMILES string of the molecule is Cc1ccccc1Nc1ccc(NC(=S)NC[C@@H]2CCCO2)cn1. The van der Waals surface area contributed by atoms with E-state index in [-0.39, 0.29) is 6.10 Å². The van der Waals surface area contributed by atoms with Gasteiger partial charge in [0.2, 0.25) is 0 Å². The second kappa shape index (κ2) is 8.08. The van der Waals surface area contributed by atoms with Crippen molar-refractivity contribution in [2.75, 3.05) is 23.8 Å². The summed E-state index contributed by atoms with van der Waals surface area (Å²) >= 11 is 5.30. The number of para-hydroxylation sites is 1. The molecule has 0 unspecified atom stereocenters. The van der Waals surface area contributed by atoms with Gasteiger partial charge in [-0.3, -0.25) is 0 Å². The van der Waals surface area contributed by atoms with Gasteiger partial charge in [-0.15, -0.1) is 0 Å². The van der Waals surface area contributed by atoms with Crippen LogP contribution in [0.15, 0.2) is 42.6 Å². The molecule has 0 radical (unpaired) electrons. The lowest BCUT2D eigenvalue weighted by molar-refractivity contribution is 0.114. The summed E-state index contributed by atoms with van der Waals surface area (Å²) < 4.78 is 5.56. The molecule has 3 rings (SSSR count). The Kier molecular flexibility index (Phi) is 5.61. The second-order valence-electron chi connectivity index (χ2n) is 5.84. The van der Waals surface area contributed by atoms with Crippen molar-refractivity contribution in [3.05, 3.63) is 48.2 Å². The van der Waals surface area contributed by atoms with Crippen LogP contribution in [0.5, 0.6) is 0 Å². The first-order valence-corrected chi connectivity index (χ1v) is 8.57. The van der Waals surface area contributed by atoms with Crippen molar-refractivity contribution in [3.63, 3.8) is 0 Å². The third-order valence-corrected chi connectivity index (χ3v) is 4.19. The number of nitrogens with one attached hydrogen (secondary N) is 3. The molecule has 5 nitrogen and oxygen atoms in total. The standard InChI is InChI=1S/C18H22N4OS/c1-13-5-2-3-7-16(13)22-17-9-8-14(11-19-17)21-18(24)20-12-15-6-4-10-23-15/h2-3,5,7-9,11,15H,4,6,10,12H2,1H3,(H,19,22)(H2,20,21,24)/t15-/m0/s1. The Morgan fingerprint density at radius 1 is 1.29 bits per heavy atom. The van der Waals surface area contributed by atoms with Crippen LogP contribution >= 0.6 is 12.2 Å². The molecule has 1 aromatic heterocycles. The maximum absolute atomic E-state index is 5.56. The van der Waals surface area contributed by atoms with Crippen LogP contribution in [0.4, 0.5) is 17.2 Å². The molecule has 1 aliphatic rings. The fourth-order valence-electron chi connectivity index (χ4n) is 2.58. The number of thiocarbonyl (C=S) groups is 1. The number of anilines is 3. The number of aryl methyl sites for hydroxylation is 1. The van der Waals surface area contributed by atoms with Crippen LogP contribution in [0, 0.1) is 6.92 Å². The number of rotatable bonds is 5. The Morgan fingerprint density at radius 2 is 2.17 bits per heavy atom. The van der Waals surface area contributed by atoms with E-state index in [0.29, 0.717) is 5.11 Å². The van der Waals surface area contributed by atoms with Crippen LogP contribution in [0.25, 0.3) is 0 Å². The Morgan fingerprint density at radius 3 is 2.88 bits per heavy atom. The molecule has 6 heteroatoms. The maximum Gasteiger partial charge on any atom is 0.170 e. The lowest BCUT2D eigenvalue weighted by atomic mass is 10.2. The molecule has 1 aliphatic heterocycles. The van der Waals surface area contributed by atoms with Gasteiger partial charge in [0.05, 0.1) is 18.0 Å². The van der Waals surface area contributed by atoms with Gasteiger partial charge < -0.3 is 20.7 Å². The average Bonchev–Trinajstić information content (AvgIpc) is 3.10. The fraction of sp³-hybridized carbons (Fsp3) is 0.333. The van der Waals surface area contributed by atoms with Gasteiger partial charge in [0.25, 0.3) is 0 Å². The van der Waals surface area contributed by atoms with Crippen LogP contribution in [-0.2, 0) is 4.74 Å². The number of benzene rings is 1. The van der Waals surface area contributed by atoms with Crippen LogP contribution in [0.3, 0.4) is 0 Å². The zero-order valence-electron chi connectivity index (χ0n) is 13.7. The summed E-state index contributed by atoms with van der Waals surface area (Å²) in [5.41, 5.74) is 3.09. The molecule has 0 spiro atoms. The van der Waals surface area contributed by atoms with Crippen molar-refractivity contribution in [1.82, 2.24) is 10.3 Å². The summed E-state index contributed by atoms with van der Waals surface area (Å²) in [6.45, 7) is 3.66. The average molecular weight is 342 g/mol. The summed E-state index contributed by atoms with van der Waals surface area (Å²) in [4.78, 5) is 4.42. The van der Waals surface area contributed by atoms with Crippen molar-refractivity contribution in [2.24, 2.45) is 0 Å². The van der Waals surface area contributed by atoms with E-state index in [1.807, 2.05) is 30.3 Å². The van der Waals surface area contributed by atoms with Gasteiger partial charge in [0, 0.05) is 18.8 Å². The van der Waals surface area contributed by atoms with E-state index >= 15 is 0 Å². The second-order valence-corrected chi connectivity index (χ2v) is 6.25. The molecule has 0 saturated carbocycles. The van der Waals surface area contributed by atoms with Crippen LogP contribution in [0.1, 0.15) is 18.4 Å². The normalized spacial score (nSPS) is 16.6. The number of nitrogens with zero attached hydrogens (tertiary/aromatic N) is 1. The molecular formula is C18H22N4OS. The highest BCUT2D eigenvalue weighted by Crippen LogP contribution is 2.19. The highest BCUT2D eigenvalue weighted by Gasteiger charge is 2.15. The zero-order chi connectivity index (χ0) is 16.8. The molecule has 3 N–H and O–H groups in total. The molecule has 1 aromatic carbocycles. The highest BCUT2D eigenvalue weighted by atomic mass is 32.1. The molecule has 0 amide bonds. The smallest absolute Gasteiger partial charge is 0.170 e. The summed E-state index contributed by atoms with van der Waals surface area (Å²) in [5, 5.41) is 10.2. The lowest BCUT2D eigenvalue weighted by Crippen LogP contribution is -2.34. The number of hydrogen-bond donors (Lipinski definition) is 3. The number of pyridine rings is 1. The Hall–Kier alpha value is -2.18. The van der Waals surface area contributed by atoms with Crippen LogP contribution in [0.2, 0.25) is 0 Å². The van der Waals surface area contributed by atoms with Gasteiger partial charge in [-0.1, -0.05) is 18.2 Å². The van der Waals surface area contributed by atoms with E-state index < -0.39 is 0 Å². The minimum atomic E-state index is 0.267. The van der Waals surface area contributed by atoms with Crippen molar-refractivity contribution in [1.29, 1.82) is 0 Å². The zero-order valence-corrected chi connectivity index (χ0v) is 14.5. The van der Waals surface area contributed by atoms with Gasteiger partial charge in [0.15, 0.2) is 5.11 Å². The van der Waals surface area contributed by atoms with Gasteiger partial charge in [-0.25, -0.2) is 4.98 Å².